The van der Waals surface area contributed by atoms with Crippen LogP contribution in [-0.2, 0) is 19.9 Å². The molecule has 3 aliphatic heterocycles. The summed E-state index contributed by atoms with van der Waals surface area (Å²) in [5.41, 5.74) is 4.51. The van der Waals surface area contributed by atoms with Gasteiger partial charge in [-0.15, -0.1) is 0 Å². The third-order valence-corrected chi connectivity index (χ3v) is 8.45. The highest BCUT2D eigenvalue weighted by molar-refractivity contribution is 5.82. The minimum absolute atomic E-state index is 0.0132. The molecule has 10 heteroatoms. The molecule has 3 N–H and O–H groups in total. The third-order valence-electron chi connectivity index (χ3n) is 8.45. The van der Waals surface area contributed by atoms with Crippen molar-refractivity contribution in [1.82, 2.24) is 9.97 Å². The van der Waals surface area contributed by atoms with Gasteiger partial charge in [0, 0.05) is 49.9 Å². The van der Waals surface area contributed by atoms with Gasteiger partial charge in [-0.3, -0.25) is 4.79 Å². The van der Waals surface area contributed by atoms with Crippen molar-refractivity contribution in [2.24, 2.45) is 17.6 Å². The topological polar surface area (TPSA) is 115 Å². The van der Waals surface area contributed by atoms with E-state index in [-0.39, 0.29) is 24.3 Å². The summed E-state index contributed by atoms with van der Waals surface area (Å²) >= 11 is 0. The number of primary amides is 1. The lowest BCUT2D eigenvalue weighted by Gasteiger charge is -2.54. The van der Waals surface area contributed by atoms with Crippen LogP contribution in [0, 0.1) is 11.8 Å². The Bertz CT molecular complexity index is 1110. The Morgan fingerprint density at radius 2 is 1.81 bits per heavy atom. The van der Waals surface area contributed by atoms with Gasteiger partial charge >= 0.3 is 5.97 Å². The molecule has 2 aromatic rings. The minimum Gasteiger partial charge on any atom is -0.454 e. The van der Waals surface area contributed by atoms with Crippen molar-refractivity contribution in [3.8, 4) is 0 Å². The average Bonchev–Trinajstić information content (AvgIpc) is 3.25. The van der Waals surface area contributed by atoms with Crippen LogP contribution in [0.3, 0.4) is 0 Å². The number of benzene rings is 1. The van der Waals surface area contributed by atoms with Crippen LogP contribution in [-0.4, -0.2) is 63.1 Å². The number of amides is 1. The highest BCUT2D eigenvalue weighted by Crippen LogP contribution is 2.49. The first-order valence-corrected chi connectivity index (χ1v) is 12.4. The number of esters is 1. The molecule has 1 saturated carbocycles. The number of aliphatic hydroxyl groups is 1. The molecule has 3 saturated heterocycles. The Morgan fingerprint density at radius 3 is 2.39 bits per heavy atom. The van der Waals surface area contributed by atoms with E-state index in [4.69, 9.17) is 10.5 Å². The number of carbonyl (C=O) groups is 2. The second kappa shape index (κ2) is 9.15. The number of fused-ring (bicyclic) bond motifs is 3. The lowest BCUT2D eigenvalue weighted by molar-refractivity contribution is -0.965. The monoisotopic (exact) mass is 501 g/mol. The molecular weight excluding hydrogens is 470 g/mol. The van der Waals surface area contributed by atoms with E-state index in [1.165, 1.54) is 6.33 Å². The summed E-state index contributed by atoms with van der Waals surface area (Å²) in [6, 6.07) is 7.50. The molecule has 4 fully saturated rings. The van der Waals surface area contributed by atoms with Crippen LogP contribution in [0.5, 0.6) is 0 Å². The number of piperidine rings is 3. The van der Waals surface area contributed by atoms with E-state index in [0.29, 0.717) is 42.5 Å². The van der Waals surface area contributed by atoms with E-state index < -0.39 is 47.9 Å². The molecule has 8 nitrogen and oxygen atoms in total. The third kappa shape index (κ3) is 4.26. The molecule has 1 aliphatic carbocycles. The van der Waals surface area contributed by atoms with Crippen LogP contribution in [0.25, 0.3) is 0 Å². The molecule has 0 spiro atoms. The summed E-state index contributed by atoms with van der Waals surface area (Å²) < 4.78 is 34.6. The maximum absolute atomic E-state index is 14.1. The van der Waals surface area contributed by atoms with Crippen LogP contribution in [0.15, 0.2) is 49.1 Å². The normalized spacial score (nSPS) is 31.4. The van der Waals surface area contributed by atoms with E-state index in [1.807, 2.05) is 0 Å². The van der Waals surface area contributed by atoms with Crippen LogP contribution >= 0.6 is 0 Å². The number of hydrogen-bond donors (Lipinski definition) is 2. The van der Waals surface area contributed by atoms with E-state index in [0.717, 1.165) is 0 Å². The molecule has 2 bridgehead atoms. The van der Waals surface area contributed by atoms with Gasteiger partial charge in [0.2, 0.25) is 5.92 Å². The number of nitrogens with zero attached hydrogens (tertiary/aromatic N) is 3. The first-order chi connectivity index (χ1) is 17.1. The van der Waals surface area contributed by atoms with Crippen molar-refractivity contribution in [2.45, 2.75) is 55.8 Å². The molecule has 192 valence electrons. The fraction of sp³-hybridized carbons (Fsp3) is 0.538. The number of ether oxygens (including phenoxy) is 1. The van der Waals surface area contributed by atoms with Gasteiger partial charge in [0.1, 0.15) is 12.9 Å². The molecule has 1 amide bonds. The number of aromatic nitrogens is 2. The maximum atomic E-state index is 14.1. The Morgan fingerprint density at radius 1 is 1.14 bits per heavy atom. The molecular formula is C26H31F2N4O4+. The zero-order valence-corrected chi connectivity index (χ0v) is 19.9. The molecule has 3 unspecified atom stereocenters. The van der Waals surface area contributed by atoms with E-state index in [1.54, 1.807) is 42.7 Å². The zero-order chi connectivity index (χ0) is 25.6. The van der Waals surface area contributed by atoms with Crippen LogP contribution in [0.1, 0.15) is 49.3 Å². The van der Waals surface area contributed by atoms with Crippen molar-refractivity contribution in [3.63, 3.8) is 0 Å². The van der Waals surface area contributed by atoms with Gasteiger partial charge in [-0.2, -0.15) is 0 Å². The second-order valence-corrected chi connectivity index (χ2v) is 10.5. The van der Waals surface area contributed by atoms with Gasteiger partial charge in [0.05, 0.1) is 18.7 Å². The largest absolute Gasteiger partial charge is 0.454 e. The summed E-state index contributed by atoms with van der Waals surface area (Å²) in [6.45, 7) is 1.70. The van der Waals surface area contributed by atoms with Crippen molar-refractivity contribution in [3.05, 3.63) is 60.2 Å². The SMILES string of the molecule is NC(=O)C(c1cncnc1)[N+]12CCC(CC1)[C@@H](OC(=O)C(O)(c1ccccc1)C1CCC(F)(F)C1)C2. The predicted octanol–water partition coefficient (Wildman–Crippen LogP) is 2.48. The predicted molar refractivity (Wildman–Crippen MR) is 124 cm³/mol. The lowest BCUT2D eigenvalue weighted by Crippen LogP contribution is -2.67. The van der Waals surface area contributed by atoms with E-state index in [2.05, 4.69) is 9.97 Å². The Hall–Kier alpha value is -2.98. The molecule has 4 aliphatic rings. The molecule has 6 rings (SSSR count). The number of rotatable bonds is 7. The number of hydrogen-bond acceptors (Lipinski definition) is 6. The highest BCUT2D eigenvalue weighted by Gasteiger charge is 2.58. The molecule has 4 heterocycles. The van der Waals surface area contributed by atoms with Crippen molar-refractivity contribution in [1.29, 1.82) is 0 Å². The number of nitrogens with two attached hydrogens (primary N) is 1. The molecule has 1 aromatic heterocycles. The van der Waals surface area contributed by atoms with Gasteiger partial charge in [-0.25, -0.2) is 23.5 Å². The van der Waals surface area contributed by atoms with Crippen LogP contribution in [0.4, 0.5) is 8.78 Å². The van der Waals surface area contributed by atoms with Gasteiger partial charge in [0.15, 0.2) is 17.7 Å². The summed E-state index contributed by atoms with van der Waals surface area (Å²) in [5, 5.41) is 11.7. The van der Waals surface area contributed by atoms with E-state index >= 15 is 0 Å². The Kier molecular flexibility index (Phi) is 6.28. The van der Waals surface area contributed by atoms with Crippen LogP contribution < -0.4 is 5.73 Å². The second-order valence-electron chi connectivity index (χ2n) is 10.5. The Labute approximate surface area is 208 Å². The van der Waals surface area contributed by atoms with Gasteiger partial charge in [0.25, 0.3) is 5.91 Å². The quantitative estimate of drug-likeness (QED) is 0.445. The van der Waals surface area contributed by atoms with E-state index in [9.17, 15) is 23.5 Å². The number of carbonyl (C=O) groups excluding carboxylic acids is 2. The standard InChI is InChI=1S/C26H30F2N4O4/c27-25(28)9-6-20(12-25)26(35,19-4-2-1-3-5-19)24(34)36-21-15-32(10-7-17(21)8-11-32)22(23(29)33)18-13-30-16-31-14-18/h1-5,13-14,16-17,20-22,35H,6-12,15H2,(H-,29,33)/p+1/t17?,20?,21-,22?,26?,32?/m0/s1. The van der Waals surface area contributed by atoms with Crippen molar-refractivity contribution >= 4 is 11.9 Å². The van der Waals surface area contributed by atoms with Crippen molar-refractivity contribution in [2.75, 3.05) is 19.6 Å². The van der Waals surface area contributed by atoms with Gasteiger partial charge in [-0.05, 0) is 12.0 Å². The number of alkyl halides is 2. The lowest BCUT2D eigenvalue weighted by atomic mass is 9.78. The summed E-state index contributed by atoms with van der Waals surface area (Å²) in [6.07, 6.45) is 4.41. The summed E-state index contributed by atoms with van der Waals surface area (Å²) in [4.78, 5) is 34.4. The molecule has 1 aromatic carbocycles. The van der Waals surface area contributed by atoms with Gasteiger partial charge in [-0.1, -0.05) is 30.3 Å². The fourth-order valence-corrected chi connectivity index (χ4v) is 6.61. The zero-order valence-electron chi connectivity index (χ0n) is 19.9. The summed E-state index contributed by atoms with van der Waals surface area (Å²) in [7, 11) is 0. The van der Waals surface area contributed by atoms with Gasteiger partial charge < -0.3 is 20.1 Å². The molecule has 36 heavy (non-hydrogen) atoms. The highest BCUT2D eigenvalue weighted by atomic mass is 19.3. The Balaban J connectivity index is 1.43. The summed E-state index contributed by atoms with van der Waals surface area (Å²) in [5.74, 6) is -5.27. The smallest absolute Gasteiger partial charge is 0.343 e. The molecule has 0 radical (unpaired) electrons. The van der Waals surface area contributed by atoms with Crippen molar-refractivity contribution < 1.29 is 32.7 Å². The van der Waals surface area contributed by atoms with Crippen LogP contribution in [0.2, 0.25) is 0 Å². The fourth-order valence-electron chi connectivity index (χ4n) is 6.61. The maximum Gasteiger partial charge on any atom is 0.343 e. The minimum atomic E-state index is -2.94. The number of quaternary nitrogens is 1. The average molecular weight is 502 g/mol. The number of halogens is 2. The first-order valence-electron chi connectivity index (χ1n) is 12.4. The first kappa shape index (κ1) is 24.7. The molecule has 4 atom stereocenters.